The summed E-state index contributed by atoms with van der Waals surface area (Å²) in [6, 6.07) is 24.2. The Bertz CT molecular complexity index is 1420. The van der Waals surface area contributed by atoms with Crippen LogP contribution in [0.25, 0.3) is 10.8 Å². The zero-order chi connectivity index (χ0) is 24.6. The van der Waals surface area contributed by atoms with Crippen LogP contribution in [-0.2, 0) is 13.0 Å². The highest BCUT2D eigenvalue weighted by Gasteiger charge is 2.31. The van der Waals surface area contributed by atoms with E-state index in [4.69, 9.17) is 10.7 Å². The molecule has 0 radical (unpaired) electrons. The Labute approximate surface area is 213 Å². The molecule has 4 aromatic rings. The Kier molecular flexibility index (Phi) is 6.06. The molecule has 1 aliphatic carbocycles. The molecule has 1 atom stereocenters. The van der Waals surface area contributed by atoms with Crippen molar-refractivity contribution >= 4 is 22.3 Å². The molecule has 0 amide bonds. The van der Waals surface area contributed by atoms with E-state index in [-0.39, 0.29) is 0 Å². The number of pyridine rings is 1. The minimum absolute atomic E-state index is 0.341. The maximum Gasteiger partial charge on any atom is 0.131 e. The predicted octanol–water partition coefficient (Wildman–Crippen LogP) is 6.90. The van der Waals surface area contributed by atoms with Crippen LogP contribution < -0.4 is 5.73 Å². The molecule has 36 heavy (non-hydrogen) atoms. The fourth-order valence-corrected chi connectivity index (χ4v) is 5.97. The number of amidine groups is 1. The van der Waals surface area contributed by atoms with Crippen LogP contribution >= 0.6 is 0 Å². The second-order valence-corrected chi connectivity index (χ2v) is 10.7. The summed E-state index contributed by atoms with van der Waals surface area (Å²) in [5.41, 5.74) is 14.2. The maximum absolute atomic E-state index is 6.72. The molecule has 2 heterocycles. The summed E-state index contributed by atoms with van der Waals surface area (Å²) >= 11 is 0. The highest BCUT2D eigenvalue weighted by Crippen LogP contribution is 2.45. The van der Waals surface area contributed by atoms with Gasteiger partial charge in [-0.3, -0.25) is 9.88 Å². The van der Waals surface area contributed by atoms with Gasteiger partial charge < -0.3 is 5.73 Å². The molecule has 4 heteroatoms. The fraction of sp³-hybridized carbons (Fsp3) is 0.312. The van der Waals surface area contributed by atoms with E-state index < -0.39 is 0 Å². The predicted molar refractivity (Wildman–Crippen MR) is 149 cm³/mol. The van der Waals surface area contributed by atoms with Crippen LogP contribution in [0.4, 0.5) is 5.69 Å². The molecule has 1 fully saturated rings. The molecular weight excluding hydrogens is 440 g/mol. The van der Waals surface area contributed by atoms with Gasteiger partial charge in [0.2, 0.25) is 0 Å². The summed E-state index contributed by atoms with van der Waals surface area (Å²) in [5.74, 6) is 1.70. The molecule has 2 N–H and O–H groups in total. The number of hydrogen-bond acceptors (Lipinski definition) is 3. The molecule has 1 aliphatic heterocycles. The van der Waals surface area contributed by atoms with Crippen LogP contribution in [0.5, 0.6) is 0 Å². The average Bonchev–Trinajstić information content (AvgIpc) is 3.73. The van der Waals surface area contributed by atoms with Crippen LogP contribution in [0, 0.1) is 5.92 Å². The smallest absolute Gasteiger partial charge is 0.131 e. The minimum atomic E-state index is 0.341. The molecular formula is C32H34N4. The third kappa shape index (κ3) is 4.42. The SMILES string of the molecule is CC(C)C1c2cc(N=C(N)c3ccc4ccccc4c3C3CC3)ccc2CCN1Cc1cccnc1. The zero-order valence-electron chi connectivity index (χ0n) is 21.2. The van der Waals surface area contributed by atoms with Crippen molar-refractivity contribution in [1.82, 2.24) is 9.88 Å². The Morgan fingerprint density at radius 3 is 2.69 bits per heavy atom. The van der Waals surface area contributed by atoms with Gasteiger partial charge in [-0.05, 0) is 82.3 Å². The maximum atomic E-state index is 6.72. The number of aromatic nitrogens is 1. The molecule has 1 saturated carbocycles. The van der Waals surface area contributed by atoms with Crippen LogP contribution in [0.3, 0.4) is 0 Å². The second-order valence-electron chi connectivity index (χ2n) is 10.7. The van der Waals surface area contributed by atoms with Gasteiger partial charge in [-0.2, -0.15) is 0 Å². The van der Waals surface area contributed by atoms with E-state index >= 15 is 0 Å². The Morgan fingerprint density at radius 1 is 1.06 bits per heavy atom. The van der Waals surface area contributed by atoms with Gasteiger partial charge in [0.15, 0.2) is 0 Å². The van der Waals surface area contributed by atoms with E-state index in [1.54, 1.807) is 0 Å². The molecule has 0 spiro atoms. The quantitative estimate of drug-likeness (QED) is 0.244. The summed E-state index contributed by atoms with van der Waals surface area (Å²) < 4.78 is 0. The minimum Gasteiger partial charge on any atom is -0.383 e. The summed E-state index contributed by atoms with van der Waals surface area (Å²) in [7, 11) is 0. The number of benzene rings is 3. The highest BCUT2D eigenvalue weighted by atomic mass is 15.2. The van der Waals surface area contributed by atoms with Gasteiger partial charge in [0.05, 0.1) is 5.69 Å². The van der Waals surface area contributed by atoms with Crippen molar-refractivity contribution in [2.45, 2.75) is 51.6 Å². The van der Waals surface area contributed by atoms with Gasteiger partial charge >= 0.3 is 0 Å². The van der Waals surface area contributed by atoms with Crippen molar-refractivity contribution in [3.63, 3.8) is 0 Å². The fourth-order valence-electron chi connectivity index (χ4n) is 5.97. The van der Waals surface area contributed by atoms with Gasteiger partial charge in [-0.25, -0.2) is 4.99 Å². The first kappa shape index (κ1) is 22.9. The van der Waals surface area contributed by atoms with E-state index in [1.165, 1.54) is 45.9 Å². The third-order valence-corrected chi connectivity index (χ3v) is 7.73. The number of aliphatic imine (C=N–C) groups is 1. The standard InChI is InChI=1S/C32H34N4/c1-21(2)31-29-18-26(13-11-24(29)15-17-36(31)20-22-6-5-16-34-19-22)35-32(33)28-14-12-23-7-3-4-8-27(23)30(28)25-9-10-25/h3-8,11-14,16,18-19,21,25,31H,9-10,15,17,20H2,1-2H3,(H2,33,35). The summed E-state index contributed by atoms with van der Waals surface area (Å²) in [6.07, 6.45) is 7.34. The lowest BCUT2D eigenvalue weighted by molar-refractivity contribution is 0.135. The normalized spacial score (nSPS) is 18.5. The molecule has 6 rings (SSSR count). The van der Waals surface area contributed by atoms with Crippen molar-refractivity contribution in [2.75, 3.05) is 6.54 Å². The lowest BCUT2D eigenvalue weighted by Crippen LogP contribution is -2.37. The summed E-state index contributed by atoms with van der Waals surface area (Å²) in [6.45, 7) is 6.60. The number of hydrogen-bond donors (Lipinski definition) is 1. The molecule has 4 nitrogen and oxygen atoms in total. The van der Waals surface area contributed by atoms with Crippen LogP contribution in [-0.4, -0.2) is 22.3 Å². The summed E-state index contributed by atoms with van der Waals surface area (Å²) in [4.78, 5) is 11.9. The lowest BCUT2D eigenvalue weighted by atomic mass is 9.85. The Hall–Kier alpha value is -3.50. The molecule has 1 unspecified atom stereocenters. The van der Waals surface area contributed by atoms with Crippen molar-refractivity contribution < 1.29 is 0 Å². The van der Waals surface area contributed by atoms with Crippen molar-refractivity contribution in [3.05, 3.63) is 107 Å². The van der Waals surface area contributed by atoms with Crippen LogP contribution in [0.2, 0.25) is 0 Å². The Morgan fingerprint density at radius 2 is 1.92 bits per heavy atom. The first-order chi connectivity index (χ1) is 17.6. The number of nitrogens with zero attached hydrogens (tertiary/aromatic N) is 3. The first-order valence-corrected chi connectivity index (χ1v) is 13.2. The van der Waals surface area contributed by atoms with Crippen LogP contribution in [0.1, 0.15) is 66.5 Å². The van der Waals surface area contributed by atoms with Crippen LogP contribution in [0.15, 0.2) is 84.1 Å². The van der Waals surface area contributed by atoms with E-state index in [2.05, 4.69) is 84.4 Å². The van der Waals surface area contributed by atoms with E-state index in [1.807, 2.05) is 18.5 Å². The molecule has 182 valence electrons. The Balaban J connectivity index is 1.36. The molecule has 0 bridgehead atoms. The van der Waals surface area contributed by atoms with Crippen molar-refractivity contribution in [1.29, 1.82) is 0 Å². The molecule has 3 aromatic carbocycles. The molecule has 2 aliphatic rings. The molecule has 0 saturated heterocycles. The van der Waals surface area contributed by atoms with Gasteiger partial charge in [0.25, 0.3) is 0 Å². The lowest BCUT2D eigenvalue weighted by Gasteiger charge is -2.40. The van der Waals surface area contributed by atoms with Gasteiger partial charge in [0, 0.05) is 37.1 Å². The first-order valence-electron chi connectivity index (χ1n) is 13.2. The number of fused-ring (bicyclic) bond motifs is 2. The highest BCUT2D eigenvalue weighted by molar-refractivity contribution is 6.05. The average molecular weight is 475 g/mol. The van der Waals surface area contributed by atoms with Gasteiger partial charge in [0.1, 0.15) is 5.84 Å². The summed E-state index contributed by atoms with van der Waals surface area (Å²) in [5, 5.41) is 2.59. The van der Waals surface area contributed by atoms with E-state index in [0.29, 0.717) is 23.7 Å². The van der Waals surface area contributed by atoms with Crippen molar-refractivity contribution in [2.24, 2.45) is 16.6 Å². The second kappa shape index (κ2) is 9.51. The third-order valence-electron chi connectivity index (χ3n) is 7.73. The van der Waals surface area contributed by atoms with Gasteiger partial charge in [-0.1, -0.05) is 62.4 Å². The number of nitrogens with two attached hydrogens (primary N) is 1. The number of rotatable bonds is 6. The zero-order valence-corrected chi connectivity index (χ0v) is 21.2. The molecule has 1 aromatic heterocycles. The topological polar surface area (TPSA) is 54.5 Å². The van der Waals surface area contributed by atoms with E-state index in [0.717, 1.165) is 30.8 Å². The monoisotopic (exact) mass is 474 g/mol. The van der Waals surface area contributed by atoms with Gasteiger partial charge in [-0.15, -0.1) is 0 Å². The largest absolute Gasteiger partial charge is 0.383 e. The van der Waals surface area contributed by atoms with Crippen molar-refractivity contribution in [3.8, 4) is 0 Å². The van der Waals surface area contributed by atoms with E-state index in [9.17, 15) is 0 Å².